The van der Waals surface area contributed by atoms with Gasteiger partial charge in [-0.15, -0.1) is 11.6 Å². The normalized spacial score (nSPS) is 10.4. The number of hydrogen-bond acceptors (Lipinski definition) is 0. The number of halogens is 5. The Hall–Kier alpha value is 0.330. The van der Waals surface area contributed by atoms with Gasteiger partial charge in [0.15, 0.2) is 11.6 Å². The topological polar surface area (TPSA) is 0 Å². The van der Waals surface area contributed by atoms with Crippen LogP contribution in [0.5, 0.6) is 0 Å². The van der Waals surface area contributed by atoms with Crippen molar-refractivity contribution in [3.63, 3.8) is 0 Å². The van der Waals surface area contributed by atoms with Crippen LogP contribution in [0.4, 0.5) is 8.78 Å². The van der Waals surface area contributed by atoms with Gasteiger partial charge in [-0.1, -0.05) is 15.9 Å². The minimum absolute atomic E-state index is 0.0735. The Labute approximate surface area is 90.2 Å². The molecule has 0 aliphatic carbocycles. The highest BCUT2D eigenvalue weighted by Crippen LogP contribution is 2.31. The molecule has 0 saturated carbocycles. The molecule has 0 aliphatic heterocycles. The molecule has 0 amide bonds. The molecule has 1 aromatic carbocycles. The smallest absolute Gasteiger partial charge is 0.173 e. The molecule has 0 nitrogen and oxygen atoms in total. The molecule has 1 rings (SSSR count). The summed E-state index contributed by atoms with van der Waals surface area (Å²) in [5.41, 5.74) is 0.510. The van der Waals surface area contributed by atoms with E-state index in [0.717, 1.165) is 6.07 Å². The first-order chi connectivity index (χ1) is 5.57. The third kappa shape index (κ3) is 1.80. The van der Waals surface area contributed by atoms with E-state index in [9.17, 15) is 8.78 Å². The standard InChI is InChI=1S/C7H3Br2ClF2/c8-4-1-5(11)7(12)6(9)3(4)2-10/h1H,2H2. The van der Waals surface area contributed by atoms with E-state index in [4.69, 9.17) is 11.6 Å². The highest BCUT2D eigenvalue weighted by molar-refractivity contribution is 9.11. The van der Waals surface area contributed by atoms with E-state index < -0.39 is 11.6 Å². The monoisotopic (exact) mass is 318 g/mol. The van der Waals surface area contributed by atoms with Gasteiger partial charge in [-0.2, -0.15) is 0 Å². The molecule has 0 N–H and O–H groups in total. The predicted octanol–water partition coefficient (Wildman–Crippen LogP) is 4.23. The van der Waals surface area contributed by atoms with Gasteiger partial charge in [0.25, 0.3) is 0 Å². The summed E-state index contributed by atoms with van der Waals surface area (Å²) in [6, 6.07) is 1.05. The first-order valence-electron chi connectivity index (χ1n) is 2.95. The lowest BCUT2D eigenvalue weighted by atomic mass is 10.2. The van der Waals surface area contributed by atoms with Gasteiger partial charge in [0, 0.05) is 10.4 Å². The Morgan fingerprint density at radius 3 is 2.42 bits per heavy atom. The van der Waals surface area contributed by atoms with Crippen molar-refractivity contribution in [3.05, 3.63) is 32.2 Å². The molecule has 0 unspecified atom stereocenters. The Morgan fingerprint density at radius 1 is 1.33 bits per heavy atom. The third-order valence-corrected chi connectivity index (χ3v) is 3.14. The van der Waals surface area contributed by atoms with E-state index in [2.05, 4.69) is 31.9 Å². The van der Waals surface area contributed by atoms with Crippen molar-refractivity contribution in [2.24, 2.45) is 0 Å². The van der Waals surface area contributed by atoms with Crippen molar-refractivity contribution in [2.45, 2.75) is 5.88 Å². The highest BCUT2D eigenvalue weighted by atomic mass is 79.9. The van der Waals surface area contributed by atoms with Gasteiger partial charge in [0.05, 0.1) is 4.47 Å². The highest BCUT2D eigenvalue weighted by Gasteiger charge is 2.13. The second kappa shape index (κ2) is 4.03. The molecule has 1 aromatic rings. The average Bonchev–Trinajstić information content (AvgIpc) is 2.01. The molecule has 5 heteroatoms. The molecule has 0 radical (unpaired) electrons. The molecule has 0 saturated heterocycles. The molecule has 0 fully saturated rings. The van der Waals surface area contributed by atoms with Crippen molar-refractivity contribution in [1.29, 1.82) is 0 Å². The van der Waals surface area contributed by atoms with Crippen LogP contribution in [0.3, 0.4) is 0 Å². The van der Waals surface area contributed by atoms with Crippen LogP contribution in [0.15, 0.2) is 15.0 Å². The Kier molecular flexibility index (Phi) is 3.49. The number of hydrogen-bond donors (Lipinski definition) is 0. The Bertz CT molecular complexity index is 315. The molecular formula is C7H3Br2ClF2. The zero-order valence-corrected chi connectivity index (χ0v) is 9.60. The molecule has 0 aromatic heterocycles. The van der Waals surface area contributed by atoms with E-state index in [1.165, 1.54) is 0 Å². The molecule has 0 heterocycles. The molecule has 0 atom stereocenters. The second-order valence-electron chi connectivity index (χ2n) is 2.08. The summed E-state index contributed by atoms with van der Waals surface area (Å²) in [7, 11) is 0. The largest absolute Gasteiger partial charge is 0.204 e. The van der Waals surface area contributed by atoms with Gasteiger partial charge < -0.3 is 0 Å². The lowest BCUT2D eigenvalue weighted by molar-refractivity contribution is 0.502. The number of rotatable bonds is 1. The third-order valence-electron chi connectivity index (χ3n) is 1.34. The quantitative estimate of drug-likeness (QED) is 0.413. The first kappa shape index (κ1) is 10.4. The summed E-state index contributed by atoms with van der Waals surface area (Å²) in [5, 5.41) is 0. The maximum absolute atomic E-state index is 12.9. The summed E-state index contributed by atoms with van der Waals surface area (Å²) < 4.78 is 26.1. The SMILES string of the molecule is Fc1cc(Br)c(CCl)c(Br)c1F. The fraction of sp³-hybridized carbons (Fsp3) is 0.143. The van der Waals surface area contributed by atoms with E-state index >= 15 is 0 Å². The van der Waals surface area contributed by atoms with Crippen LogP contribution in [-0.2, 0) is 5.88 Å². The zero-order valence-electron chi connectivity index (χ0n) is 5.67. The molecule has 0 spiro atoms. The molecule has 0 bridgehead atoms. The van der Waals surface area contributed by atoms with Crippen molar-refractivity contribution in [1.82, 2.24) is 0 Å². The van der Waals surface area contributed by atoms with Crippen LogP contribution in [0, 0.1) is 11.6 Å². The zero-order chi connectivity index (χ0) is 9.30. The van der Waals surface area contributed by atoms with Gasteiger partial charge >= 0.3 is 0 Å². The van der Waals surface area contributed by atoms with Gasteiger partial charge in [0.2, 0.25) is 0 Å². The van der Waals surface area contributed by atoms with Crippen molar-refractivity contribution < 1.29 is 8.78 Å². The Balaban J connectivity index is 3.40. The van der Waals surface area contributed by atoms with Crippen LogP contribution < -0.4 is 0 Å². The van der Waals surface area contributed by atoms with Crippen molar-refractivity contribution in [2.75, 3.05) is 0 Å². The predicted molar refractivity (Wildman–Crippen MR) is 51.3 cm³/mol. The average molecular weight is 320 g/mol. The minimum atomic E-state index is -0.908. The fourth-order valence-electron chi connectivity index (χ4n) is 0.726. The number of benzene rings is 1. The summed E-state index contributed by atoms with van der Waals surface area (Å²) in [5.74, 6) is -1.69. The van der Waals surface area contributed by atoms with Gasteiger partial charge in [0.1, 0.15) is 0 Å². The maximum atomic E-state index is 12.9. The molecule has 12 heavy (non-hydrogen) atoms. The van der Waals surface area contributed by atoms with Crippen LogP contribution in [-0.4, -0.2) is 0 Å². The van der Waals surface area contributed by atoms with Crippen LogP contribution in [0.2, 0.25) is 0 Å². The van der Waals surface area contributed by atoms with Crippen LogP contribution in [0.25, 0.3) is 0 Å². The van der Waals surface area contributed by atoms with E-state index in [1.807, 2.05) is 0 Å². The summed E-state index contributed by atoms with van der Waals surface area (Å²) in [6.07, 6.45) is 0. The lowest BCUT2D eigenvalue weighted by Crippen LogP contribution is -1.92. The van der Waals surface area contributed by atoms with Gasteiger partial charge in [-0.05, 0) is 27.6 Å². The van der Waals surface area contributed by atoms with E-state index in [-0.39, 0.29) is 10.4 Å². The molecule has 66 valence electrons. The van der Waals surface area contributed by atoms with Crippen LogP contribution in [0.1, 0.15) is 5.56 Å². The summed E-state index contributed by atoms with van der Waals surface area (Å²) >= 11 is 11.5. The first-order valence-corrected chi connectivity index (χ1v) is 5.07. The van der Waals surface area contributed by atoms with Gasteiger partial charge in [-0.3, -0.25) is 0 Å². The summed E-state index contributed by atoms with van der Waals surface area (Å²) in [6.45, 7) is 0. The summed E-state index contributed by atoms with van der Waals surface area (Å²) in [4.78, 5) is 0. The molecular weight excluding hydrogens is 317 g/mol. The lowest BCUT2D eigenvalue weighted by Gasteiger charge is -2.04. The Morgan fingerprint density at radius 2 is 1.92 bits per heavy atom. The van der Waals surface area contributed by atoms with Gasteiger partial charge in [-0.25, -0.2) is 8.78 Å². The fourth-order valence-corrected chi connectivity index (χ4v) is 2.68. The second-order valence-corrected chi connectivity index (χ2v) is 3.99. The van der Waals surface area contributed by atoms with E-state index in [0.29, 0.717) is 10.0 Å². The van der Waals surface area contributed by atoms with Crippen molar-refractivity contribution in [3.8, 4) is 0 Å². The molecule has 0 aliphatic rings. The van der Waals surface area contributed by atoms with Crippen molar-refractivity contribution >= 4 is 43.5 Å². The maximum Gasteiger partial charge on any atom is 0.173 e. The van der Waals surface area contributed by atoms with Crippen LogP contribution >= 0.6 is 43.5 Å². The van der Waals surface area contributed by atoms with E-state index in [1.54, 1.807) is 0 Å². The number of alkyl halides is 1. The minimum Gasteiger partial charge on any atom is -0.204 e.